The van der Waals surface area contributed by atoms with E-state index in [1.807, 2.05) is 16.7 Å². The lowest BCUT2D eigenvalue weighted by Crippen LogP contribution is -2.45. The molecule has 0 radical (unpaired) electrons. The van der Waals surface area contributed by atoms with Crippen LogP contribution in [0, 0.1) is 12.8 Å². The Hall–Kier alpha value is -2.02. The van der Waals surface area contributed by atoms with Crippen molar-refractivity contribution in [3.8, 4) is 0 Å². The van der Waals surface area contributed by atoms with Crippen LogP contribution in [0.25, 0.3) is 0 Å². The molecular formula is C23H35N5O2. The van der Waals surface area contributed by atoms with Crippen molar-refractivity contribution in [2.75, 3.05) is 39.8 Å². The van der Waals surface area contributed by atoms with E-state index in [0.29, 0.717) is 11.4 Å². The average Bonchev–Trinajstić information content (AvgIpc) is 2.79. The molecule has 7 nitrogen and oxygen atoms in total. The van der Waals surface area contributed by atoms with Crippen molar-refractivity contribution < 1.29 is 9.59 Å². The zero-order valence-electron chi connectivity index (χ0n) is 18.5. The smallest absolute Gasteiger partial charge is 0.257 e. The predicted molar refractivity (Wildman–Crippen MR) is 115 cm³/mol. The summed E-state index contributed by atoms with van der Waals surface area (Å²) in [7, 11) is 2.12. The minimum atomic E-state index is -0.0660. The third-order valence-electron chi connectivity index (χ3n) is 7.02. The number of aryl methyl sites for hydroxylation is 1. The predicted octanol–water partition coefficient (Wildman–Crippen LogP) is 2.81. The van der Waals surface area contributed by atoms with Crippen molar-refractivity contribution in [3.05, 3.63) is 23.3 Å². The number of carbonyl (C=O) groups excluding carboxylic acids is 2. The second kappa shape index (κ2) is 9.41. The van der Waals surface area contributed by atoms with Gasteiger partial charge in [0.05, 0.1) is 17.3 Å². The van der Waals surface area contributed by atoms with Crippen LogP contribution < -0.4 is 0 Å². The fourth-order valence-corrected chi connectivity index (χ4v) is 5.08. The van der Waals surface area contributed by atoms with Crippen LogP contribution in [0.1, 0.15) is 79.3 Å². The number of hydrogen-bond acceptors (Lipinski definition) is 5. The summed E-state index contributed by atoms with van der Waals surface area (Å²) in [6.07, 6.45) is 9.92. The van der Waals surface area contributed by atoms with Crippen LogP contribution in [0.4, 0.5) is 0 Å². The molecule has 0 aliphatic carbocycles. The lowest BCUT2D eigenvalue weighted by Gasteiger charge is -2.39. The maximum atomic E-state index is 13.3. The maximum absolute atomic E-state index is 13.3. The molecule has 7 heteroatoms. The molecule has 0 aromatic carbocycles. The Bertz CT molecular complexity index is 769. The van der Waals surface area contributed by atoms with Gasteiger partial charge in [0.2, 0.25) is 5.91 Å². The van der Waals surface area contributed by atoms with Gasteiger partial charge in [0.1, 0.15) is 0 Å². The molecule has 3 aliphatic heterocycles. The van der Waals surface area contributed by atoms with Gasteiger partial charge in [0.25, 0.3) is 5.91 Å². The topological polar surface area (TPSA) is 69.6 Å². The zero-order valence-corrected chi connectivity index (χ0v) is 18.5. The van der Waals surface area contributed by atoms with Crippen LogP contribution in [0.15, 0.2) is 6.20 Å². The van der Waals surface area contributed by atoms with Crippen molar-refractivity contribution in [1.82, 2.24) is 24.7 Å². The molecule has 0 saturated carbocycles. The van der Waals surface area contributed by atoms with Crippen LogP contribution >= 0.6 is 0 Å². The van der Waals surface area contributed by atoms with Gasteiger partial charge in [0, 0.05) is 31.7 Å². The molecule has 4 heterocycles. The van der Waals surface area contributed by atoms with Crippen LogP contribution in [0.5, 0.6) is 0 Å². The quantitative estimate of drug-likeness (QED) is 0.762. The van der Waals surface area contributed by atoms with Crippen molar-refractivity contribution in [3.63, 3.8) is 0 Å². The minimum Gasteiger partial charge on any atom is -0.339 e. The normalized spacial score (nSPS) is 24.1. The summed E-state index contributed by atoms with van der Waals surface area (Å²) < 4.78 is 0. The largest absolute Gasteiger partial charge is 0.339 e. The first-order valence-electron chi connectivity index (χ1n) is 11.7. The number of piperidine rings is 3. The molecule has 0 unspecified atom stereocenters. The minimum absolute atomic E-state index is 0.0432. The molecule has 0 spiro atoms. The molecule has 2 amide bonds. The number of amides is 2. The Morgan fingerprint density at radius 2 is 1.63 bits per heavy atom. The molecular weight excluding hydrogens is 378 g/mol. The number of aromatic nitrogens is 2. The molecule has 4 rings (SSSR count). The molecule has 1 aromatic rings. The van der Waals surface area contributed by atoms with E-state index in [9.17, 15) is 9.59 Å². The van der Waals surface area contributed by atoms with Gasteiger partial charge in [-0.3, -0.25) is 9.59 Å². The second-order valence-electron chi connectivity index (χ2n) is 9.20. The first kappa shape index (κ1) is 21.2. The fourth-order valence-electron chi connectivity index (χ4n) is 5.08. The monoisotopic (exact) mass is 413 g/mol. The van der Waals surface area contributed by atoms with Gasteiger partial charge in [-0.25, -0.2) is 9.97 Å². The molecule has 1 aromatic heterocycles. The van der Waals surface area contributed by atoms with Crippen LogP contribution in [-0.4, -0.2) is 76.3 Å². The molecule has 30 heavy (non-hydrogen) atoms. The molecule has 3 fully saturated rings. The summed E-state index contributed by atoms with van der Waals surface area (Å²) in [5, 5.41) is 0. The number of likely N-dealkylation sites (tertiary alicyclic amines) is 3. The average molecular weight is 414 g/mol. The summed E-state index contributed by atoms with van der Waals surface area (Å²) in [6, 6.07) is -0.0660. The third kappa shape index (κ3) is 4.51. The van der Waals surface area contributed by atoms with Gasteiger partial charge in [-0.15, -0.1) is 0 Å². The highest BCUT2D eigenvalue weighted by molar-refractivity contribution is 5.95. The second-order valence-corrected chi connectivity index (χ2v) is 9.20. The van der Waals surface area contributed by atoms with Gasteiger partial charge >= 0.3 is 0 Å². The number of carbonyl (C=O) groups is 2. The third-order valence-corrected chi connectivity index (χ3v) is 7.02. The van der Waals surface area contributed by atoms with Crippen molar-refractivity contribution in [2.24, 2.45) is 5.92 Å². The van der Waals surface area contributed by atoms with Crippen LogP contribution in [0.3, 0.4) is 0 Å². The van der Waals surface area contributed by atoms with E-state index >= 15 is 0 Å². The molecule has 3 saturated heterocycles. The Labute approximate surface area is 179 Å². The van der Waals surface area contributed by atoms with E-state index in [-0.39, 0.29) is 23.8 Å². The van der Waals surface area contributed by atoms with Crippen LogP contribution in [0.2, 0.25) is 0 Å². The van der Waals surface area contributed by atoms with E-state index in [1.54, 1.807) is 6.20 Å². The Balaban J connectivity index is 1.50. The van der Waals surface area contributed by atoms with Gasteiger partial charge < -0.3 is 14.7 Å². The highest BCUT2D eigenvalue weighted by Gasteiger charge is 2.35. The van der Waals surface area contributed by atoms with Crippen LogP contribution in [-0.2, 0) is 4.79 Å². The summed E-state index contributed by atoms with van der Waals surface area (Å²) >= 11 is 0. The SMILES string of the molecule is Cc1nc([C@H]2CCCCN2C(=O)C2CCN(C)CC2)ncc1C(=O)N1CCCCC1. The Morgan fingerprint density at radius 3 is 2.33 bits per heavy atom. The van der Waals surface area contributed by atoms with Crippen molar-refractivity contribution in [1.29, 1.82) is 0 Å². The summed E-state index contributed by atoms with van der Waals surface area (Å²) in [4.78, 5) is 41.8. The summed E-state index contributed by atoms with van der Waals surface area (Å²) in [5.74, 6) is 1.12. The summed E-state index contributed by atoms with van der Waals surface area (Å²) in [5.41, 5.74) is 1.33. The Kier molecular flexibility index (Phi) is 6.66. The van der Waals surface area contributed by atoms with Gasteiger partial charge in [-0.2, -0.15) is 0 Å². The van der Waals surface area contributed by atoms with Gasteiger partial charge in [0.15, 0.2) is 5.82 Å². The van der Waals surface area contributed by atoms with E-state index in [0.717, 1.165) is 83.4 Å². The molecule has 0 bridgehead atoms. The Morgan fingerprint density at radius 1 is 0.933 bits per heavy atom. The van der Waals surface area contributed by atoms with Gasteiger partial charge in [-0.1, -0.05) is 0 Å². The molecule has 3 aliphatic rings. The highest BCUT2D eigenvalue weighted by atomic mass is 16.2. The number of hydrogen-bond donors (Lipinski definition) is 0. The summed E-state index contributed by atoms with van der Waals surface area (Å²) in [6.45, 7) is 6.29. The number of rotatable bonds is 3. The molecule has 164 valence electrons. The number of nitrogens with zero attached hydrogens (tertiary/aromatic N) is 5. The highest BCUT2D eigenvalue weighted by Crippen LogP contribution is 2.32. The maximum Gasteiger partial charge on any atom is 0.257 e. The lowest BCUT2D eigenvalue weighted by molar-refractivity contribution is -0.141. The fraction of sp³-hybridized carbons (Fsp3) is 0.739. The van der Waals surface area contributed by atoms with Crippen molar-refractivity contribution >= 4 is 11.8 Å². The molecule has 0 N–H and O–H groups in total. The van der Waals surface area contributed by atoms with Gasteiger partial charge in [-0.05, 0) is 78.4 Å². The zero-order chi connectivity index (χ0) is 21.1. The first-order chi connectivity index (χ1) is 14.5. The first-order valence-corrected chi connectivity index (χ1v) is 11.7. The molecule has 1 atom stereocenters. The van der Waals surface area contributed by atoms with E-state index < -0.39 is 0 Å². The van der Waals surface area contributed by atoms with E-state index in [4.69, 9.17) is 4.98 Å². The lowest BCUT2D eigenvalue weighted by atomic mass is 9.92. The van der Waals surface area contributed by atoms with E-state index in [1.165, 1.54) is 6.42 Å². The standard InChI is InChI=1S/C23H35N5O2/c1-17-19(23(30)27-11-5-3-6-12-27)16-24-21(25-17)20-8-4-7-13-28(20)22(29)18-9-14-26(2)15-10-18/h16,18,20H,3-15H2,1-2H3/t20-/m1/s1. The van der Waals surface area contributed by atoms with Crippen molar-refractivity contribution in [2.45, 2.75) is 64.3 Å². The van der Waals surface area contributed by atoms with E-state index in [2.05, 4.69) is 16.9 Å².